The minimum Gasteiger partial charge on any atom is -0.388 e. The highest BCUT2D eigenvalue weighted by Gasteiger charge is 2.20. The summed E-state index contributed by atoms with van der Waals surface area (Å²) in [5.74, 6) is 0.741. The van der Waals surface area contributed by atoms with E-state index >= 15 is 0 Å². The van der Waals surface area contributed by atoms with Gasteiger partial charge in [-0.15, -0.1) is 11.3 Å². The van der Waals surface area contributed by atoms with Gasteiger partial charge in [0, 0.05) is 14.2 Å². The predicted octanol–water partition coefficient (Wildman–Crippen LogP) is 4.82. The molecule has 0 radical (unpaired) electrons. The first-order chi connectivity index (χ1) is 7.66. The van der Waals surface area contributed by atoms with Gasteiger partial charge >= 0.3 is 0 Å². The molecule has 2 rings (SSSR count). The number of aliphatic hydroxyl groups excluding tert-OH is 1. The van der Waals surface area contributed by atoms with Crippen LogP contribution in [-0.4, -0.2) is 5.11 Å². The van der Waals surface area contributed by atoms with E-state index < -0.39 is 0 Å². The SMILES string of the molecule is Cc1sc(C(O)CC2CCCCC2)cc1Br. The minimum absolute atomic E-state index is 0.252. The lowest BCUT2D eigenvalue weighted by molar-refractivity contribution is 0.134. The fourth-order valence-electron chi connectivity index (χ4n) is 2.50. The third-order valence-corrected chi connectivity index (χ3v) is 5.72. The van der Waals surface area contributed by atoms with E-state index in [0.29, 0.717) is 0 Å². The van der Waals surface area contributed by atoms with Gasteiger partial charge < -0.3 is 5.11 Å². The summed E-state index contributed by atoms with van der Waals surface area (Å²) >= 11 is 5.22. The van der Waals surface area contributed by atoms with E-state index in [9.17, 15) is 5.11 Å². The van der Waals surface area contributed by atoms with E-state index in [0.717, 1.165) is 21.7 Å². The van der Waals surface area contributed by atoms with Crippen molar-refractivity contribution in [1.29, 1.82) is 0 Å². The first kappa shape index (κ1) is 12.6. The maximum atomic E-state index is 10.2. The molecule has 1 saturated carbocycles. The van der Waals surface area contributed by atoms with Gasteiger partial charge in [0.05, 0.1) is 6.10 Å². The van der Waals surface area contributed by atoms with Crippen molar-refractivity contribution in [3.8, 4) is 0 Å². The average Bonchev–Trinajstić information content (AvgIpc) is 2.61. The summed E-state index contributed by atoms with van der Waals surface area (Å²) in [6.45, 7) is 2.09. The Balaban J connectivity index is 1.93. The topological polar surface area (TPSA) is 20.2 Å². The largest absolute Gasteiger partial charge is 0.388 e. The van der Waals surface area contributed by atoms with Gasteiger partial charge in [-0.05, 0) is 41.3 Å². The highest BCUT2D eigenvalue weighted by molar-refractivity contribution is 9.10. The quantitative estimate of drug-likeness (QED) is 0.848. The molecule has 0 aromatic carbocycles. The molecule has 1 aromatic rings. The molecule has 1 atom stereocenters. The van der Waals surface area contributed by atoms with Crippen LogP contribution in [0.15, 0.2) is 10.5 Å². The number of thiophene rings is 1. The van der Waals surface area contributed by atoms with Crippen molar-refractivity contribution < 1.29 is 5.11 Å². The fourth-order valence-corrected chi connectivity index (χ4v) is 4.06. The number of hydrogen-bond acceptors (Lipinski definition) is 2. The molecule has 0 bridgehead atoms. The molecule has 1 aliphatic rings. The first-order valence-electron chi connectivity index (χ1n) is 6.10. The Kier molecular flexibility index (Phi) is 4.45. The molecule has 0 saturated heterocycles. The van der Waals surface area contributed by atoms with Crippen LogP contribution in [-0.2, 0) is 0 Å². The van der Waals surface area contributed by atoms with Gasteiger partial charge in [-0.3, -0.25) is 0 Å². The molecule has 1 unspecified atom stereocenters. The molecule has 1 nitrogen and oxygen atoms in total. The van der Waals surface area contributed by atoms with Gasteiger partial charge in [0.15, 0.2) is 0 Å². The molecule has 0 aliphatic heterocycles. The smallest absolute Gasteiger partial charge is 0.0885 e. The summed E-state index contributed by atoms with van der Waals surface area (Å²) in [4.78, 5) is 2.38. The second kappa shape index (κ2) is 5.65. The maximum Gasteiger partial charge on any atom is 0.0885 e. The van der Waals surface area contributed by atoms with Crippen molar-refractivity contribution >= 4 is 27.3 Å². The second-order valence-electron chi connectivity index (χ2n) is 4.81. The Hall–Kier alpha value is 0.140. The van der Waals surface area contributed by atoms with Crippen molar-refractivity contribution in [2.45, 2.75) is 51.6 Å². The van der Waals surface area contributed by atoms with Gasteiger partial charge in [0.25, 0.3) is 0 Å². The summed E-state index contributed by atoms with van der Waals surface area (Å²) in [5.41, 5.74) is 0. The average molecular weight is 303 g/mol. The summed E-state index contributed by atoms with van der Waals surface area (Å²) < 4.78 is 1.13. The molecule has 1 N–H and O–H groups in total. The zero-order valence-electron chi connectivity index (χ0n) is 9.71. The Bertz CT molecular complexity index is 322. The van der Waals surface area contributed by atoms with E-state index in [-0.39, 0.29) is 6.10 Å². The van der Waals surface area contributed by atoms with Crippen molar-refractivity contribution in [3.05, 3.63) is 20.3 Å². The van der Waals surface area contributed by atoms with E-state index in [4.69, 9.17) is 0 Å². The molecular weight excluding hydrogens is 284 g/mol. The van der Waals surface area contributed by atoms with Crippen LogP contribution >= 0.6 is 27.3 Å². The van der Waals surface area contributed by atoms with Crippen LogP contribution in [0.3, 0.4) is 0 Å². The lowest BCUT2D eigenvalue weighted by atomic mass is 9.85. The molecular formula is C13H19BrOS. The molecule has 1 heterocycles. The number of rotatable bonds is 3. The number of aliphatic hydroxyl groups is 1. The molecule has 1 aliphatic carbocycles. The minimum atomic E-state index is -0.252. The molecule has 1 fully saturated rings. The molecule has 90 valence electrons. The Labute approximate surface area is 110 Å². The van der Waals surface area contributed by atoms with Gasteiger partial charge in [-0.25, -0.2) is 0 Å². The highest BCUT2D eigenvalue weighted by atomic mass is 79.9. The van der Waals surface area contributed by atoms with Crippen LogP contribution in [0.1, 0.15) is 54.4 Å². The Morgan fingerprint density at radius 1 is 1.44 bits per heavy atom. The summed E-state index contributed by atoms with van der Waals surface area (Å²) in [6.07, 6.45) is 7.40. The van der Waals surface area contributed by atoms with Gasteiger partial charge in [0.2, 0.25) is 0 Å². The normalized spacial score (nSPS) is 19.9. The van der Waals surface area contributed by atoms with Crippen LogP contribution in [0.5, 0.6) is 0 Å². The zero-order chi connectivity index (χ0) is 11.5. The first-order valence-corrected chi connectivity index (χ1v) is 7.71. The van der Waals surface area contributed by atoms with Crippen LogP contribution < -0.4 is 0 Å². The van der Waals surface area contributed by atoms with E-state index in [1.54, 1.807) is 11.3 Å². The fraction of sp³-hybridized carbons (Fsp3) is 0.692. The van der Waals surface area contributed by atoms with Crippen LogP contribution in [0.2, 0.25) is 0 Å². The van der Waals surface area contributed by atoms with Crippen molar-refractivity contribution in [2.24, 2.45) is 5.92 Å². The zero-order valence-corrected chi connectivity index (χ0v) is 12.1. The maximum absolute atomic E-state index is 10.2. The summed E-state index contributed by atoms with van der Waals surface area (Å²) in [5, 5.41) is 10.2. The van der Waals surface area contributed by atoms with Crippen molar-refractivity contribution in [2.75, 3.05) is 0 Å². The Morgan fingerprint density at radius 2 is 2.12 bits per heavy atom. The molecule has 0 amide bonds. The third-order valence-electron chi connectivity index (χ3n) is 3.49. The summed E-state index contributed by atoms with van der Waals surface area (Å²) in [7, 11) is 0. The van der Waals surface area contributed by atoms with Crippen LogP contribution in [0.4, 0.5) is 0 Å². The molecule has 3 heteroatoms. The monoisotopic (exact) mass is 302 g/mol. The highest BCUT2D eigenvalue weighted by Crippen LogP contribution is 2.36. The summed E-state index contributed by atoms with van der Waals surface area (Å²) in [6, 6.07) is 2.08. The van der Waals surface area contributed by atoms with E-state index in [1.807, 2.05) is 0 Å². The van der Waals surface area contributed by atoms with Crippen molar-refractivity contribution in [1.82, 2.24) is 0 Å². The van der Waals surface area contributed by atoms with Gasteiger partial charge in [-0.1, -0.05) is 32.1 Å². The van der Waals surface area contributed by atoms with E-state index in [2.05, 4.69) is 28.9 Å². The number of halogens is 1. The number of aryl methyl sites for hydroxylation is 1. The third kappa shape index (κ3) is 3.08. The Morgan fingerprint density at radius 3 is 2.69 bits per heavy atom. The van der Waals surface area contributed by atoms with Crippen LogP contribution in [0.25, 0.3) is 0 Å². The van der Waals surface area contributed by atoms with Crippen LogP contribution in [0, 0.1) is 12.8 Å². The lowest BCUT2D eigenvalue weighted by Gasteiger charge is -2.23. The molecule has 1 aromatic heterocycles. The second-order valence-corrected chi connectivity index (χ2v) is 6.95. The standard InChI is InChI=1S/C13H19BrOS/c1-9-11(14)8-13(16-9)12(15)7-10-5-3-2-4-6-10/h8,10,12,15H,2-7H2,1H3. The van der Waals surface area contributed by atoms with Crippen molar-refractivity contribution in [3.63, 3.8) is 0 Å². The predicted molar refractivity (Wildman–Crippen MR) is 72.9 cm³/mol. The van der Waals surface area contributed by atoms with E-state index in [1.165, 1.54) is 37.0 Å². The molecule has 16 heavy (non-hydrogen) atoms. The molecule has 0 spiro atoms. The lowest BCUT2D eigenvalue weighted by Crippen LogP contribution is -2.10. The number of hydrogen-bond donors (Lipinski definition) is 1. The van der Waals surface area contributed by atoms with Gasteiger partial charge in [0.1, 0.15) is 0 Å². The van der Waals surface area contributed by atoms with Gasteiger partial charge in [-0.2, -0.15) is 0 Å².